The van der Waals surface area contributed by atoms with Crippen LogP contribution in [0.3, 0.4) is 0 Å². The third-order valence-corrected chi connectivity index (χ3v) is 7.31. The van der Waals surface area contributed by atoms with Crippen molar-refractivity contribution in [2.45, 2.75) is 16.5 Å². The number of sulfonamides is 1. The summed E-state index contributed by atoms with van der Waals surface area (Å²) < 4.78 is 27.5. The van der Waals surface area contributed by atoms with Crippen molar-refractivity contribution in [1.29, 1.82) is 0 Å². The van der Waals surface area contributed by atoms with Crippen LogP contribution < -0.4 is 5.32 Å². The highest BCUT2D eigenvalue weighted by Crippen LogP contribution is 2.19. The molecular weight excluding hydrogens is 458 g/mol. The molecule has 3 rings (SSSR count). The van der Waals surface area contributed by atoms with Gasteiger partial charge in [-0.1, -0.05) is 53.7 Å². The molecule has 1 aromatic heterocycles. The molecule has 0 bridgehead atoms. The minimum Gasteiger partial charge on any atom is -0.354 e. The monoisotopic (exact) mass is 479 g/mol. The molecule has 0 spiro atoms. The van der Waals surface area contributed by atoms with Crippen LogP contribution in [0.4, 0.5) is 0 Å². The van der Waals surface area contributed by atoms with Crippen molar-refractivity contribution < 1.29 is 13.2 Å². The Balaban J connectivity index is 1.64. The van der Waals surface area contributed by atoms with Gasteiger partial charge in [-0.2, -0.15) is 9.40 Å². The molecule has 0 saturated heterocycles. The molecule has 0 aliphatic carbocycles. The normalized spacial score (nSPS) is 11.5. The second-order valence-corrected chi connectivity index (χ2v) is 9.98. The van der Waals surface area contributed by atoms with Crippen LogP contribution in [0.25, 0.3) is 0 Å². The number of amides is 1. The largest absolute Gasteiger partial charge is 0.354 e. The number of aromatic nitrogens is 3. The first-order valence-electron chi connectivity index (χ1n) is 9.49. The van der Waals surface area contributed by atoms with Gasteiger partial charge in [-0.3, -0.25) is 9.89 Å². The molecule has 0 aliphatic heterocycles. The number of hydrogen-bond acceptors (Lipinski definition) is 6. The minimum absolute atomic E-state index is 0.0960. The summed E-state index contributed by atoms with van der Waals surface area (Å²) in [6.45, 7) is 0.275. The van der Waals surface area contributed by atoms with Crippen molar-refractivity contribution in [2.24, 2.45) is 0 Å². The van der Waals surface area contributed by atoms with Gasteiger partial charge < -0.3 is 5.32 Å². The van der Waals surface area contributed by atoms with Crippen LogP contribution in [0, 0.1) is 0 Å². The smallest absolute Gasteiger partial charge is 0.243 e. The summed E-state index contributed by atoms with van der Waals surface area (Å²) in [6.07, 6.45) is 1.90. The maximum absolute atomic E-state index is 13.2. The standard InChI is InChI=1S/C20H22ClN5O3S2/c21-17-6-8-18(9-7-17)31(28,29)26(12-10-16-4-2-1-3-5-16)14-19(27)22-11-13-30-20-23-15-24-25-20/h1-9,15H,10-14H2,(H,22,27)(H,23,24,25). The van der Waals surface area contributed by atoms with Crippen LogP contribution in [0.15, 0.2) is 71.0 Å². The zero-order chi connectivity index (χ0) is 22.1. The SMILES string of the molecule is O=C(CN(CCc1ccccc1)S(=O)(=O)c1ccc(Cl)cc1)NCCSc1ncn[nH]1. The number of halogens is 1. The second kappa shape index (κ2) is 11.3. The predicted octanol–water partition coefficient (Wildman–Crippen LogP) is 2.60. The average Bonchev–Trinajstić information content (AvgIpc) is 3.29. The van der Waals surface area contributed by atoms with E-state index in [0.717, 1.165) is 5.56 Å². The highest BCUT2D eigenvalue weighted by molar-refractivity contribution is 7.99. The van der Waals surface area contributed by atoms with Crippen molar-refractivity contribution in [3.63, 3.8) is 0 Å². The van der Waals surface area contributed by atoms with E-state index in [0.29, 0.717) is 28.9 Å². The Morgan fingerprint density at radius 3 is 2.55 bits per heavy atom. The number of carbonyl (C=O) groups excluding carboxylic acids is 1. The fourth-order valence-corrected chi connectivity index (χ4v) is 4.92. The van der Waals surface area contributed by atoms with E-state index >= 15 is 0 Å². The fourth-order valence-electron chi connectivity index (χ4n) is 2.76. The molecule has 8 nitrogen and oxygen atoms in total. The van der Waals surface area contributed by atoms with Gasteiger partial charge in [0.25, 0.3) is 0 Å². The van der Waals surface area contributed by atoms with E-state index in [9.17, 15) is 13.2 Å². The van der Waals surface area contributed by atoms with Crippen molar-refractivity contribution in [3.8, 4) is 0 Å². The molecule has 0 radical (unpaired) electrons. The topological polar surface area (TPSA) is 108 Å². The third kappa shape index (κ3) is 7.06. The van der Waals surface area contributed by atoms with E-state index < -0.39 is 10.0 Å². The molecule has 0 atom stereocenters. The van der Waals surface area contributed by atoms with Crippen molar-refractivity contribution >= 4 is 39.3 Å². The zero-order valence-corrected chi connectivity index (χ0v) is 19.0. The highest BCUT2D eigenvalue weighted by Gasteiger charge is 2.26. The lowest BCUT2D eigenvalue weighted by molar-refractivity contribution is -0.121. The Labute approximate surface area is 190 Å². The second-order valence-electron chi connectivity index (χ2n) is 6.52. The number of hydrogen-bond donors (Lipinski definition) is 2. The zero-order valence-electron chi connectivity index (χ0n) is 16.6. The molecule has 31 heavy (non-hydrogen) atoms. The summed E-state index contributed by atoms with van der Waals surface area (Å²) in [6, 6.07) is 15.5. The first-order chi connectivity index (χ1) is 14.9. The molecular formula is C20H22ClN5O3S2. The number of thioether (sulfide) groups is 1. The molecule has 164 valence electrons. The van der Waals surface area contributed by atoms with Gasteiger partial charge in [0.15, 0.2) is 5.16 Å². The van der Waals surface area contributed by atoms with Gasteiger partial charge in [0.05, 0.1) is 11.4 Å². The van der Waals surface area contributed by atoms with Crippen LogP contribution in [0.5, 0.6) is 0 Å². The summed E-state index contributed by atoms with van der Waals surface area (Å²) >= 11 is 7.30. The predicted molar refractivity (Wildman–Crippen MR) is 120 cm³/mol. The maximum atomic E-state index is 13.2. The van der Waals surface area contributed by atoms with Gasteiger partial charge in [-0.05, 0) is 36.2 Å². The Bertz CT molecular complexity index is 1060. The lowest BCUT2D eigenvalue weighted by Crippen LogP contribution is -2.42. The number of nitrogens with one attached hydrogen (secondary N) is 2. The van der Waals surface area contributed by atoms with Crippen LogP contribution >= 0.6 is 23.4 Å². The quantitative estimate of drug-likeness (QED) is 0.323. The van der Waals surface area contributed by atoms with Crippen molar-refractivity contribution in [1.82, 2.24) is 24.8 Å². The van der Waals surface area contributed by atoms with Gasteiger partial charge in [-0.15, -0.1) is 0 Å². The summed E-state index contributed by atoms with van der Waals surface area (Å²) in [5, 5.41) is 10.3. The molecule has 0 aliphatic rings. The van der Waals surface area contributed by atoms with E-state index in [-0.39, 0.29) is 23.9 Å². The number of nitrogens with zero attached hydrogens (tertiary/aromatic N) is 3. The van der Waals surface area contributed by atoms with Crippen LogP contribution in [-0.2, 0) is 21.2 Å². The molecule has 1 heterocycles. The van der Waals surface area contributed by atoms with Gasteiger partial charge >= 0.3 is 0 Å². The van der Waals surface area contributed by atoms with Crippen molar-refractivity contribution in [3.05, 3.63) is 71.5 Å². The number of rotatable bonds is 11. The first-order valence-corrected chi connectivity index (χ1v) is 12.3. The molecule has 0 fully saturated rings. The molecule has 11 heteroatoms. The Kier molecular flexibility index (Phi) is 8.47. The number of H-pyrrole nitrogens is 1. The number of carbonyl (C=O) groups is 1. The maximum Gasteiger partial charge on any atom is 0.243 e. The van der Waals surface area contributed by atoms with E-state index in [2.05, 4.69) is 20.5 Å². The summed E-state index contributed by atoms with van der Waals surface area (Å²) in [7, 11) is -3.86. The Hall–Kier alpha value is -2.40. The van der Waals surface area contributed by atoms with Gasteiger partial charge in [0, 0.05) is 23.9 Å². The first kappa shape index (κ1) is 23.3. The van der Waals surface area contributed by atoms with E-state index in [1.165, 1.54) is 46.7 Å². The number of aromatic amines is 1. The number of benzene rings is 2. The lowest BCUT2D eigenvalue weighted by Gasteiger charge is -2.22. The van der Waals surface area contributed by atoms with E-state index in [1.807, 2.05) is 30.3 Å². The van der Waals surface area contributed by atoms with Crippen LogP contribution in [0.1, 0.15) is 5.56 Å². The molecule has 0 unspecified atom stereocenters. The molecule has 0 saturated carbocycles. The lowest BCUT2D eigenvalue weighted by atomic mass is 10.1. The van der Waals surface area contributed by atoms with Gasteiger partial charge in [-0.25, -0.2) is 13.4 Å². The fraction of sp³-hybridized carbons (Fsp3) is 0.250. The van der Waals surface area contributed by atoms with Crippen LogP contribution in [-0.4, -0.2) is 59.2 Å². The van der Waals surface area contributed by atoms with Crippen LogP contribution in [0.2, 0.25) is 5.02 Å². The van der Waals surface area contributed by atoms with E-state index in [4.69, 9.17) is 11.6 Å². The Morgan fingerprint density at radius 2 is 1.87 bits per heavy atom. The average molecular weight is 480 g/mol. The minimum atomic E-state index is -3.86. The summed E-state index contributed by atoms with van der Waals surface area (Å²) in [5.74, 6) is 0.207. The molecule has 1 amide bonds. The molecule has 2 N–H and O–H groups in total. The Morgan fingerprint density at radius 1 is 1.13 bits per heavy atom. The molecule has 3 aromatic rings. The van der Waals surface area contributed by atoms with Crippen molar-refractivity contribution in [2.75, 3.05) is 25.4 Å². The van der Waals surface area contributed by atoms with E-state index in [1.54, 1.807) is 0 Å². The summed E-state index contributed by atoms with van der Waals surface area (Å²) in [4.78, 5) is 16.6. The summed E-state index contributed by atoms with van der Waals surface area (Å²) in [5.41, 5.74) is 0.989. The molecule has 2 aromatic carbocycles. The highest BCUT2D eigenvalue weighted by atomic mass is 35.5. The van der Waals surface area contributed by atoms with Gasteiger partial charge in [0.2, 0.25) is 15.9 Å². The third-order valence-electron chi connectivity index (χ3n) is 4.32. The van der Waals surface area contributed by atoms with Gasteiger partial charge in [0.1, 0.15) is 6.33 Å².